The molecule has 14 heavy (non-hydrogen) atoms. The van der Waals surface area contributed by atoms with Gasteiger partial charge in [0, 0.05) is 6.61 Å². The van der Waals surface area contributed by atoms with Crippen LogP contribution in [-0.4, -0.2) is 42.5 Å². The Hall–Kier alpha value is -0.660. The van der Waals surface area contributed by atoms with Gasteiger partial charge in [0.15, 0.2) is 0 Å². The fourth-order valence-electron chi connectivity index (χ4n) is 0.696. The molecule has 0 fully saturated rings. The van der Waals surface area contributed by atoms with Crippen LogP contribution in [0.4, 0.5) is 0 Å². The van der Waals surface area contributed by atoms with Gasteiger partial charge in [0.1, 0.15) is 6.04 Å². The molecule has 1 atom stereocenters. The van der Waals surface area contributed by atoms with Crippen molar-refractivity contribution in [3.8, 4) is 0 Å². The fourth-order valence-corrected chi connectivity index (χ4v) is 1.58. The standard InChI is InChI=1S/C7H15NO5S/c1-5(2)14(12,13)8-6(3-4-9)7(10)11/h5-6,8-9H,3-4H2,1-2H3,(H,10,11)/t6-/m0/s1. The SMILES string of the molecule is CC(C)S(=O)(=O)N[C@@H](CCO)C(=O)O. The number of nitrogens with one attached hydrogen (secondary N) is 1. The van der Waals surface area contributed by atoms with E-state index in [0.29, 0.717) is 0 Å². The van der Waals surface area contributed by atoms with Gasteiger partial charge in [-0.3, -0.25) is 4.79 Å². The van der Waals surface area contributed by atoms with Crippen LogP contribution in [0.15, 0.2) is 0 Å². The number of carboxylic acids is 1. The summed E-state index contributed by atoms with van der Waals surface area (Å²) < 4.78 is 24.5. The molecule has 0 heterocycles. The van der Waals surface area contributed by atoms with E-state index in [1.54, 1.807) is 0 Å². The van der Waals surface area contributed by atoms with Gasteiger partial charge >= 0.3 is 5.97 Å². The van der Waals surface area contributed by atoms with Crippen molar-refractivity contribution in [3.05, 3.63) is 0 Å². The third kappa shape index (κ3) is 4.03. The molecule has 84 valence electrons. The molecule has 0 saturated carbocycles. The maximum absolute atomic E-state index is 11.3. The second-order valence-corrected chi connectivity index (χ2v) is 5.38. The van der Waals surface area contributed by atoms with Gasteiger partial charge in [0.05, 0.1) is 5.25 Å². The first-order chi connectivity index (χ1) is 6.31. The molecule has 0 amide bonds. The van der Waals surface area contributed by atoms with Crippen LogP contribution in [0.3, 0.4) is 0 Å². The zero-order valence-corrected chi connectivity index (χ0v) is 8.91. The van der Waals surface area contributed by atoms with E-state index in [1.807, 2.05) is 4.72 Å². The van der Waals surface area contributed by atoms with Crippen molar-refractivity contribution in [1.29, 1.82) is 0 Å². The number of aliphatic carboxylic acids is 1. The first kappa shape index (κ1) is 13.3. The summed E-state index contributed by atoms with van der Waals surface area (Å²) >= 11 is 0. The van der Waals surface area contributed by atoms with Crippen LogP contribution in [0.5, 0.6) is 0 Å². The highest BCUT2D eigenvalue weighted by atomic mass is 32.2. The van der Waals surface area contributed by atoms with E-state index >= 15 is 0 Å². The Morgan fingerprint density at radius 2 is 1.93 bits per heavy atom. The number of aliphatic hydroxyl groups excluding tert-OH is 1. The Labute approximate surface area is 83.0 Å². The molecule has 0 bridgehead atoms. The minimum atomic E-state index is -3.61. The molecule has 0 aliphatic heterocycles. The number of aliphatic hydroxyl groups is 1. The van der Waals surface area contributed by atoms with Crippen molar-refractivity contribution in [2.75, 3.05) is 6.61 Å². The summed E-state index contributed by atoms with van der Waals surface area (Å²) in [5, 5.41) is 16.4. The van der Waals surface area contributed by atoms with Crippen LogP contribution >= 0.6 is 0 Å². The smallest absolute Gasteiger partial charge is 0.321 e. The van der Waals surface area contributed by atoms with Crippen LogP contribution in [0.2, 0.25) is 0 Å². The lowest BCUT2D eigenvalue weighted by molar-refractivity contribution is -0.139. The second kappa shape index (κ2) is 5.28. The second-order valence-electron chi connectivity index (χ2n) is 3.11. The summed E-state index contributed by atoms with van der Waals surface area (Å²) in [7, 11) is -3.61. The summed E-state index contributed by atoms with van der Waals surface area (Å²) in [6.45, 7) is 2.51. The van der Waals surface area contributed by atoms with Crippen LogP contribution in [-0.2, 0) is 14.8 Å². The molecule has 0 aromatic heterocycles. The normalized spacial score (nSPS) is 14.3. The first-order valence-corrected chi connectivity index (χ1v) is 5.70. The molecular weight excluding hydrogens is 210 g/mol. The molecule has 7 heteroatoms. The lowest BCUT2D eigenvalue weighted by Gasteiger charge is -2.15. The summed E-state index contributed by atoms with van der Waals surface area (Å²) in [6, 6.07) is -1.26. The van der Waals surface area contributed by atoms with Crippen molar-refractivity contribution >= 4 is 16.0 Å². The summed E-state index contributed by atoms with van der Waals surface area (Å²) in [5.74, 6) is -1.29. The molecule has 0 aliphatic rings. The highest BCUT2D eigenvalue weighted by molar-refractivity contribution is 7.90. The van der Waals surface area contributed by atoms with Gasteiger partial charge in [-0.15, -0.1) is 0 Å². The lowest BCUT2D eigenvalue weighted by atomic mass is 10.2. The number of rotatable bonds is 6. The lowest BCUT2D eigenvalue weighted by Crippen LogP contribution is -2.44. The Morgan fingerprint density at radius 1 is 1.43 bits per heavy atom. The zero-order chi connectivity index (χ0) is 11.4. The van der Waals surface area contributed by atoms with Crippen LogP contribution in [0.25, 0.3) is 0 Å². The van der Waals surface area contributed by atoms with Gasteiger partial charge in [-0.1, -0.05) is 0 Å². The molecule has 0 radical (unpaired) electrons. The fraction of sp³-hybridized carbons (Fsp3) is 0.857. The topological polar surface area (TPSA) is 104 Å². The van der Waals surface area contributed by atoms with Gasteiger partial charge in [-0.25, -0.2) is 13.1 Å². The molecule has 0 aliphatic carbocycles. The minimum Gasteiger partial charge on any atom is -0.480 e. The Bertz CT molecular complexity index is 284. The molecular formula is C7H15NO5S. The minimum absolute atomic E-state index is 0.138. The van der Waals surface area contributed by atoms with E-state index in [4.69, 9.17) is 10.2 Å². The number of hydrogen-bond donors (Lipinski definition) is 3. The van der Waals surface area contributed by atoms with E-state index in [0.717, 1.165) is 0 Å². The van der Waals surface area contributed by atoms with Crippen molar-refractivity contribution < 1.29 is 23.4 Å². The highest BCUT2D eigenvalue weighted by Gasteiger charge is 2.25. The van der Waals surface area contributed by atoms with E-state index in [1.165, 1.54) is 13.8 Å². The predicted molar refractivity (Wildman–Crippen MR) is 50.3 cm³/mol. The largest absolute Gasteiger partial charge is 0.480 e. The monoisotopic (exact) mass is 225 g/mol. The first-order valence-electron chi connectivity index (χ1n) is 4.16. The Kier molecular flexibility index (Phi) is 5.03. The van der Waals surface area contributed by atoms with Crippen LogP contribution in [0, 0.1) is 0 Å². The maximum Gasteiger partial charge on any atom is 0.321 e. The number of carbonyl (C=O) groups is 1. The number of sulfonamides is 1. The van der Waals surface area contributed by atoms with Gasteiger partial charge in [0.25, 0.3) is 0 Å². The summed E-state index contributed by atoms with van der Waals surface area (Å²) in [6.07, 6.45) is -0.138. The molecule has 0 aromatic rings. The Balaban J connectivity index is 4.53. The van der Waals surface area contributed by atoms with Crippen LogP contribution in [0.1, 0.15) is 20.3 Å². The molecule has 0 spiro atoms. The molecule has 3 N–H and O–H groups in total. The molecule has 0 saturated heterocycles. The van der Waals surface area contributed by atoms with E-state index in [9.17, 15) is 13.2 Å². The Morgan fingerprint density at radius 3 is 2.21 bits per heavy atom. The zero-order valence-electron chi connectivity index (χ0n) is 8.10. The molecule has 0 aromatic carbocycles. The van der Waals surface area contributed by atoms with Gasteiger partial charge in [-0.2, -0.15) is 0 Å². The van der Waals surface area contributed by atoms with Crippen molar-refractivity contribution in [1.82, 2.24) is 4.72 Å². The predicted octanol–water partition coefficient (Wildman–Crippen LogP) is -0.850. The van der Waals surface area contributed by atoms with Gasteiger partial charge < -0.3 is 10.2 Å². The van der Waals surface area contributed by atoms with Crippen molar-refractivity contribution in [2.24, 2.45) is 0 Å². The number of hydrogen-bond acceptors (Lipinski definition) is 4. The van der Waals surface area contributed by atoms with Crippen molar-refractivity contribution in [2.45, 2.75) is 31.6 Å². The highest BCUT2D eigenvalue weighted by Crippen LogP contribution is 2.01. The molecule has 0 unspecified atom stereocenters. The van der Waals surface area contributed by atoms with Gasteiger partial charge in [-0.05, 0) is 20.3 Å². The summed E-state index contributed by atoms with van der Waals surface area (Å²) in [5.41, 5.74) is 0. The summed E-state index contributed by atoms with van der Waals surface area (Å²) in [4.78, 5) is 10.6. The number of carboxylic acid groups (broad SMARTS) is 1. The third-order valence-corrected chi connectivity index (χ3v) is 3.50. The molecule has 6 nitrogen and oxygen atoms in total. The van der Waals surface area contributed by atoms with E-state index < -0.39 is 27.3 Å². The van der Waals surface area contributed by atoms with Crippen molar-refractivity contribution in [3.63, 3.8) is 0 Å². The average molecular weight is 225 g/mol. The maximum atomic E-state index is 11.3. The van der Waals surface area contributed by atoms with Crippen LogP contribution < -0.4 is 4.72 Å². The van der Waals surface area contributed by atoms with E-state index in [2.05, 4.69) is 0 Å². The van der Waals surface area contributed by atoms with Gasteiger partial charge in [0.2, 0.25) is 10.0 Å². The average Bonchev–Trinajstić information content (AvgIpc) is 2.02. The van der Waals surface area contributed by atoms with E-state index in [-0.39, 0.29) is 13.0 Å². The third-order valence-electron chi connectivity index (χ3n) is 1.64. The quantitative estimate of drug-likeness (QED) is 0.546. The molecule has 0 rings (SSSR count).